The number of hydrogen-bond donors (Lipinski definition) is 10. The molecule has 1 saturated carbocycles. The van der Waals surface area contributed by atoms with Gasteiger partial charge in [0.1, 0.15) is 30.5 Å². The van der Waals surface area contributed by atoms with Gasteiger partial charge in [0.25, 0.3) is 0 Å². The van der Waals surface area contributed by atoms with E-state index in [1.54, 1.807) is 0 Å². The summed E-state index contributed by atoms with van der Waals surface area (Å²) in [5.74, 6) is -0.503. The molecule has 0 bridgehead atoms. The third kappa shape index (κ3) is 8.57. The maximum atomic E-state index is 11.5. The third-order valence-corrected chi connectivity index (χ3v) is 8.67. The van der Waals surface area contributed by atoms with Gasteiger partial charge in [-0.05, 0) is 32.1 Å². The molecular weight excluding hydrogens is 570 g/mol. The Balaban J connectivity index is 1.50. The Morgan fingerprint density at radius 3 is 1.86 bits per heavy atom. The van der Waals surface area contributed by atoms with Crippen LogP contribution in [0.4, 0.5) is 0 Å². The summed E-state index contributed by atoms with van der Waals surface area (Å²) in [7, 11) is 0. The Morgan fingerprint density at radius 2 is 1.33 bits per heavy atom. The molecule has 17 nitrogen and oxygen atoms in total. The summed E-state index contributed by atoms with van der Waals surface area (Å²) >= 11 is 0. The molecule has 3 saturated heterocycles. The van der Waals surface area contributed by atoms with Crippen LogP contribution in [0, 0.1) is 0 Å². The van der Waals surface area contributed by atoms with Crippen LogP contribution < -0.4 is 39.7 Å². The van der Waals surface area contributed by atoms with Gasteiger partial charge in [-0.3, -0.25) is 4.79 Å². The minimum absolute atomic E-state index is 0.0488. The van der Waals surface area contributed by atoms with Crippen molar-refractivity contribution in [2.45, 2.75) is 130 Å². The second-order valence-corrected chi connectivity index (χ2v) is 11.9. The molecule has 4 rings (SSSR count). The molecule has 0 aromatic carbocycles. The van der Waals surface area contributed by atoms with Gasteiger partial charge in [0.15, 0.2) is 18.9 Å². The van der Waals surface area contributed by atoms with Crippen molar-refractivity contribution in [2.24, 2.45) is 34.4 Å². The SMILES string of the molecule is NC[C@@H]1CC[C@@H](N)[C@@H](O[C@H]2[C@H](O[C@@H]3O[C@H](CO)[C@@H](O[C@H]4O[C@@H](CN)CC[C@H]4N)[C@H]3O)[C@@H](O)[C@H](NCCC(N)=O)C[C@@H]2N)O1. The van der Waals surface area contributed by atoms with Crippen molar-refractivity contribution in [1.82, 2.24) is 5.32 Å². The lowest BCUT2D eigenvalue weighted by molar-refractivity contribution is -0.288. The molecule has 250 valence electrons. The Hall–Kier alpha value is -1.13. The molecule has 0 aromatic heterocycles. The zero-order valence-corrected chi connectivity index (χ0v) is 24.4. The summed E-state index contributed by atoms with van der Waals surface area (Å²) in [6.45, 7) is 0.262. The number of aliphatic hydroxyl groups excluding tert-OH is 3. The minimum atomic E-state index is -1.41. The fraction of sp³-hybridized carbons (Fsp3) is 0.962. The summed E-state index contributed by atoms with van der Waals surface area (Å²) in [6, 6.07) is -2.25. The first kappa shape index (κ1) is 34.7. The van der Waals surface area contributed by atoms with Crippen LogP contribution in [0.1, 0.15) is 38.5 Å². The monoisotopic (exact) mass is 621 g/mol. The predicted molar refractivity (Wildman–Crippen MR) is 150 cm³/mol. The zero-order valence-electron chi connectivity index (χ0n) is 24.4. The van der Waals surface area contributed by atoms with Gasteiger partial charge >= 0.3 is 0 Å². The van der Waals surface area contributed by atoms with E-state index in [1.807, 2.05) is 0 Å². The van der Waals surface area contributed by atoms with Gasteiger partial charge in [0, 0.05) is 38.1 Å². The Bertz CT molecular complexity index is 882. The number of amides is 1. The molecule has 17 heteroatoms. The van der Waals surface area contributed by atoms with Gasteiger partial charge < -0.3 is 83.5 Å². The molecular formula is C26H51N7O10. The van der Waals surface area contributed by atoms with Crippen LogP contribution in [-0.4, -0.2) is 139 Å². The van der Waals surface area contributed by atoms with Crippen LogP contribution in [0.15, 0.2) is 0 Å². The number of carbonyl (C=O) groups excluding carboxylic acids is 1. The van der Waals surface area contributed by atoms with Gasteiger partial charge in [-0.1, -0.05) is 0 Å². The van der Waals surface area contributed by atoms with Crippen molar-refractivity contribution in [3.8, 4) is 0 Å². The Kier molecular flexibility index (Phi) is 12.9. The van der Waals surface area contributed by atoms with E-state index in [2.05, 4.69) is 5.32 Å². The van der Waals surface area contributed by atoms with Crippen LogP contribution in [0.5, 0.6) is 0 Å². The fourth-order valence-electron chi connectivity index (χ4n) is 6.11. The lowest BCUT2D eigenvalue weighted by Gasteiger charge is -2.46. The van der Waals surface area contributed by atoms with E-state index >= 15 is 0 Å². The van der Waals surface area contributed by atoms with Crippen LogP contribution in [0.2, 0.25) is 0 Å². The van der Waals surface area contributed by atoms with Crippen LogP contribution >= 0.6 is 0 Å². The molecule has 0 radical (unpaired) electrons. The first-order chi connectivity index (χ1) is 20.6. The van der Waals surface area contributed by atoms with Crippen LogP contribution in [-0.2, 0) is 33.2 Å². The van der Waals surface area contributed by atoms with Crippen LogP contribution in [0.3, 0.4) is 0 Å². The normalized spacial score (nSPS) is 45.7. The van der Waals surface area contributed by atoms with Crippen molar-refractivity contribution in [2.75, 3.05) is 26.2 Å². The van der Waals surface area contributed by atoms with Crippen molar-refractivity contribution in [3.05, 3.63) is 0 Å². The van der Waals surface area contributed by atoms with E-state index < -0.39 is 92.2 Å². The smallest absolute Gasteiger partial charge is 0.218 e. The first-order valence-corrected chi connectivity index (χ1v) is 15.1. The van der Waals surface area contributed by atoms with E-state index in [4.69, 9.17) is 62.8 Å². The molecule has 15 atom stereocenters. The van der Waals surface area contributed by atoms with E-state index in [9.17, 15) is 20.1 Å². The summed E-state index contributed by atoms with van der Waals surface area (Å²) in [5, 5.41) is 35.9. The lowest BCUT2D eigenvalue weighted by Crippen LogP contribution is -2.66. The highest BCUT2D eigenvalue weighted by Crippen LogP contribution is 2.34. The molecule has 16 N–H and O–H groups in total. The van der Waals surface area contributed by atoms with Crippen LogP contribution in [0.25, 0.3) is 0 Å². The highest BCUT2D eigenvalue weighted by Gasteiger charge is 2.53. The second-order valence-electron chi connectivity index (χ2n) is 11.9. The number of primary amides is 1. The zero-order chi connectivity index (χ0) is 31.3. The molecule has 43 heavy (non-hydrogen) atoms. The van der Waals surface area contributed by atoms with Gasteiger partial charge in [-0.2, -0.15) is 0 Å². The Morgan fingerprint density at radius 1 is 0.767 bits per heavy atom. The standard InChI is InChI=1S/C26H51N7O10/c27-8-11-1-3-13(29)24(38-11)41-21-15(31)7-16(33-6-5-18(32)35)19(36)23(21)43-26-20(37)22(17(10-34)40-26)42-25-14(30)4-2-12(9-28)39-25/h11-17,19-26,33-34,36-37H,1-10,27-31H2,(H2,32,35)/t11-,12+,13+,14+,15-,16+,17+,19-,20+,21+,22+,23+,24+,25+,26-/m0/s1. The van der Waals surface area contributed by atoms with E-state index in [0.29, 0.717) is 25.7 Å². The molecule has 0 spiro atoms. The minimum Gasteiger partial charge on any atom is -0.394 e. The number of nitrogens with one attached hydrogen (secondary N) is 1. The van der Waals surface area contributed by atoms with Crippen molar-refractivity contribution < 1.29 is 48.5 Å². The third-order valence-electron chi connectivity index (χ3n) is 8.67. The molecule has 4 aliphatic rings. The maximum Gasteiger partial charge on any atom is 0.218 e. The topological polar surface area (TPSA) is 301 Å². The number of nitrogens with two attached hydrogens (primary N) is 6. The van der Waals surface area contributed by atoms with E-state index in [0.717, 1.165) is 0 Å². The van der Waals surface area contributed by atoms with Crippen molar-refractivity contribution in [3.63, 3.8) is 0 Å². The molecule has 1 aliphatic carbocycles. The van der Waals surface area contributed by atoms with Crippen molar-refractivity contribution in [1.29, 1.82) is 0 Å². The Labute approximate surface area is 251 Å². The first-order valence-electron chi connectivity index (χ1n) is 15.1. The van der Waals surface area contributed by atoms with Crippen molar-refractivity contribution >= 4 is 5.91 Å². The molecule has 3 aliphatic heterocycles. The highest BCUT2D eigenvalue weighted by molar-refractivity contribution is 5.73. The average molecular weight is 622 g/mol. The molecule has 0 aromatic rings. The number of carbonyl (C=O) groups is 1. The lowest BCUT2D eigenvalue weighted by atomic mass is 9.83. The van der Waals surface area contributed by atoms with E-state index in [1.165, 1.54) is 0 Å². The highest BCUT2D eigenvalue weighted by atomic mass is 16.8. The molecule has 1 amide bonds. The summed E-state index contributed by atoms with van der Waals surface area (Å²) in [6.07, 6.45) is -7.56. The second kappa shape index (κ2) is 15.9. The van der Waals surface area contributed by atoms with E-state index in [-0.39, 0.29) is 44.7 Å². The van der Waals surface area contributed by atoms with Gasteiger partial charge in [-0.25, -0.2) is 0 Å². The number of ether oxygens (including phenoxy) is 6. The van der Waals surface area contributed by atoms with Gasteiger partial charge in [0.05, 0.1) is 37.0 Å². The largest absolute Gasteiger partial charge is 0.394 e. The summed E-state index contributed by atoms with van der Waals surface area (Å²) in [4.78, 5) is 11.3. The number of aliphatic hydroxyl groups is 3. The fourth-order valence-corrected chi connectivity index (χ4v) is 6.11. The predicted octanol–water partition coefficient (Wildman–Crippen LogP) is -5.27. The average Bonchev–Trinajstić information content (AvgIpc) is 3.28. The quantitative estimate of drug-likeness (QED) is 0.0918. The molecule has 4 fully saturated rings. The van der Waals surface area contributed by atoms with Gasteiger partial charge in [0.2, 0.25) is 5.91 Å². The summed E-state index contributed by atoms with van der Waals surface area (Å²) < 4.78 is 36.2. The maximum absolute atomic E-state index is 11.5. The van der Waals surface area contributed by atoms with Gasteiger partial charge in [-0.15, -0.1) is 0 Å². The number of hydrogen-bond acceptors (Lipinski definition) is 16. The number of rotatable bonds is 13. The molecule has 3 heterocycles. The summed E-state index contributed by atoms with van der Waals surface area (Å²) in [5.41, 5.74) is 35.9. The molecule has 0 unspecified atom stereocenters.